The Bertz CT molecular complexity index is 649. The highest BCUT2D eigenvalue weighted by molar-refractivity contribution is 6.05. The summed E-state index contributed by atoms with van der Waals surface area (Å²) in [4.78, 5) is 14.0. The molecule has 20 heavy (non-hydrogen) atoms. The molecule has 0 saturated carbocycles. The van der Waals surface area contributed by atoms with Gasteiger partial charge in [-0.05, 0) is 37.3 Å². The lowest BCUT2D eigenvalue weighted by molar-refractivity contribution is 0.0962. The number of carbonyl (C=O) groups excluding carboxylic acids is 1. The molecular formula is C14H14FN3O2. The number of aliphatic hydroxyl groups is 1. The van der Waals surface area contributed by atoms with Gasteiger partial charge in [-0.2, -0.15) is 5.10 Å². The number of aromatic nitrogens is 2. The molecule has 0 radical (unpaired) electrons. The number of carbonyl (C=O) groups is 1. The van der Waals surface area contributed by atoms with E-state index in [9.17, 15) is 14.3 Å². The smallest absolute Gasteiger partial charge is 0.276 e. The number of hydrogen-bond acceptors (Lipinski definition) is 3. The standard InChI is InChI=1S/C14H14FN3O2/c1-9(19)12-8-13-14(20)17(6-7-18(13)16-12)11-4-2-10(15)3-5-11/h2-5,8-9,19H,6-7H2,1H3. The number of amides is 1. The SMILES string of the molecule is CC(O)c1cc2n(n1)CCN(c1ccc(F)cc1)C2=O. The van der Waals surface area contributed by atoms with Gasteiger partial charge in [0.2, 0.25) is 0 Å². The first-order valence-corrected chi connectivity index (χ1v) is 6.39. The number of benzene rings is 1. The van der Waals surface area contributed by atoms with Gasteiger partial charge in [0.05, 0.1) is 18.3 Å². The summed E-state index contributed by atoms with van der Waals surface area (Å²) in [6.07, 6.45) is -0.708. The van der Waals surface area contributed by atoms with E-state index in [1.54, 1.807) is 34.7 Å². The van der Waals surface area contributed by atoms with Crippen LogP contribution in [0.5, 0.6) is 0 Å². The van der Waals surface area contributed by atoms with Crippen LogP contribution in [0.2, 0.25) is 0 Å². The molecule has 2 heterocycles. The molecule has 1 aromatic carbocycles. The number of aliphatic hydroxyl groups excluding tert-OH is 1. The predicted molar refractivity (Wildman–Crippen MR) is 70.9 cm³/mol. The molecule has 1 amide bonds. The van der Waals surface area contributed by atoms with Crippen molar-refractivity contribution in [1.29, 1.82) is 0 Å². The number of fused-ring (bicyclic) bond motifs is 1. The molecule has 0 saturated heterocycles. The Hall–Kier alpha value is -2.21. The molecule has 0 fully saturated rings. The average Bonchev–Trinajstić information content (AvgIpc) is 2.86. The number of anilines is 1. The van der Waals surface area contributed by atoms with E-state index in [1.165, 1.54) is 12.1 Å². The molecule has 1 aliphatic rings. The Balaban J connectivity index is 1.94. The summed E-state index contributed by atoms with van der Waals surface area (Å²) in [6, 6.07) is 7.41. The van der Waals surface area contributed by atoms with Crippen LogP contribution in [0.25, 0.3) is 0 Å². The average molecular weight is 275 g/mol. The minimum atomic E-state index is -0.708. The van der Waals surface area contributed by atoms with Crippen molar-refractivity contribution in [1.82, 2.24) is 9.78 Å². The van der Waals surface area contributed by atoms with Crippen molar-refractivity contribution in [2.75, 3.05) is 11.4 Å². The summed E-state index contributed by atoms with van der Waals surface area (Å²) < 4.78 is 14.5. The summed E-state index contributed by atoms with van der Waals surface area (Å²) in [5.41, 5.74) is 1.58. The minimum absolute atomic E-state index is 0.192. The van der Waals surface area contributed by atoms with Crippen molar-refractivity contribution in [3.05, 3.63) is 47.5 Å². The van der Waals surface area contributed by atoms with E-state index in [4.69, 9.17) is 0 Å². The van der Waals surface area contributed by atoms with Crippen LogP contribution in [0, 0.1) is 5.82 Å². The Morgan fingerprint density at radius 3 is 2.65 bits per heavy atom. The van der Waals surface area contributed by atoms with Gasteiger partial charge in [-0.3, -0.25) is 9.48 Å². The monoisotopic (exact) mass is 275 g/mol. The molecule has 0 aliphatic carbocycles. The Labute approximate surface area is 115 Å². The zero-order chi connectivity index (χ0) is 14.3. The molecule has 5 nitrogen and oxygen atoms in total. The fourth-order valence-corrected chi connectivity index (χ4v) is 2.29. The summed E-state index contributed by atoms with van der Waals surface area (Å²) in [6.45, 7) is 2.63. The lowest BCUT2D eigenvalue weighted by Gasteiger charge is -2.27. The maximum absolute atomic E-state index is 12.9. The van der Waals surface area contributed by atoms with Gasteiger partial charge < -0.3 is 10.0 Å². The van der Waals surface area contributed by atoms with Crippen molar-refractivity contribution >= 4 is 11.6 Å². The molecule has 0 bridgehead atoms. The highest BCUT2D eigenvalue weighted by Gasteiger charge is 2.28. The van der Waals surface area contributed by atoms with Crippen LogP contribution in [-0.4, -0.2) is 27.3 Å². The summed E-state index contributed by atoms with van der Waals surface area (Å²) in [5, 5.41) is 13.7. The summed E-state index contributed by atoms with van der Waals surface area (Å²) >= 11 is 0. The highest BCUT2D eigenvalue weighted by Crippen LogP contribution is 2.23. The molecule has 1 N–H and O–H groups in total. The third-order valence-corrected chi connectivity index (χ3v) is 3.36. The lowest BCUT2D eigenvalue weighted by Crippen LogP contribution is -2.40. The van der Waals surface area contributed by atoms with E-state index in [1.807, 2.05) is 0 Å². The molecule has 1 aliphatic heterocycles. The largest absolute Gasteiger partial charge is 0.387 e. The van der Waals surface area contributed by atoms with Gasteiger partial charge in [0.25, 0.3) is 5.91 Å². The van der Waals surface area contributed by atoms with Crippen LogP contribution in [-0.2, 0) is 6.54 Å². The maximum Gasteiger partial charge on any atom is 0.276 e. The van der Waals surface area contributed by atoms with Gasteiger partial charge >= 0.3 is 0 Å². The van der Waals surface area contributed by atoms with Gasteiger partial charge in [0, 0.05) is 12.2 Å². The van der Waals surface area contributed by atoms with E-state index >= 15 is 0 Å². The van der Waals surface area contributed by atoms with Gasteiger partial charge in [-0.25, -0.2) is 4.39 Å². The number of rotatable bonds is 2. The molecule has 1 unspecified atom stereocenters. The van der Waals surface area contributed by atoms with Gasteiger partial charge in [0.15, 0.2) is 0 Å². The van der Waals surface area contributed by atoms with Crippen LogP contribution >= 0.6 is 0 Å². The molecule has 2 aromatic rings. The van der Waals surface area contributed by atoms with Crippen LogP contribution in [0.15, 0.2) is 30.3 Å². The number of nitrogens with zero attached hydrogens (tertiary/aromatic N) is 3. The quantitative estimate of drug-likeness (QED) is 0.908. The van der Waals surface area contributed by atoms with Crippen molar-refractivity contribution in [3.8, 4) is 0 Å². The zero-order valence-electron chi connectivity index (χ0n) is 11.0. The van der Waals surface area contributed by atoms with Crippen molar-refractivity contribution in [2.24, 2.45) is 0 Å². The number of halogens is 1. The van der Waals surface area contributed by atoms with Crippen molar-refractivity contribution < 1.29 is 14.3 Å². The van der Waals surface area contributed by atoms with Crippen molar-refractivity contribution in [2.45, 2.75) is 19.6 Å². The summed E-state index contributed by atoms with van der Waals surface area (Å²) in [5.74, 6) is -0.526. The highest BCUT2D eigenvalue weighted by atomic mass is 19.1. The second-order valence-corrected chi connectivity index (χ2v) is 4.79. The lowest BCUT2D eigenvalue weighted by atomic mass is 10.2. The van der Waals surface area contributed by atoms with Gasteiger partial charge in [0.1, 0.15) is 11.5 Å². The molecule has 6 heteroatoms. The molecule has 1 aromatic heterocycles. The second kappa shape index (κ2) is 4.72. The van der Waals surface area contributed by atoms with Gasteiger partial charge in [-0.15, -0.1) is 0 Å². The van der Waals surface area contributed by atoms with Crippen LogP contribution in [0.4, 0.5) is 10.1 Å². The van der Waals surface area contributed by atoms with E-state index < -0.39 is 6.10 Å². The first kappa shape index (κ1) is 12.8. The fourth-order valence-electron chi connectivity index (χ4n) is 2.29. The molecule has 104 valence electrons. The van der Waals surface area contributed by atoms with E-state index in [-0.39, 0.29) is 11.7 Å². The third-order valence-electron chi connectivity index (χ3n) is 3.36. The van der Waals surface area contributed by atoms with Crippen molar-refractivity contribution in [3.63, 3.8) is 0 Å². The molecule has 3 rings (SSSR count). The Kier molecular flexibility index (Phi) is 3.02. The topological polar surface area (TPSA) is 58.4 Å². The third kappa shape index (κ3) is 2.08. The number of hydrogen-bond donors (Lipinski definition) is 1. The van der Waals surface area contributed by atoms with Crippen LogP contribution < -0.4 is 4.90 Å². The van der Waals surface area contributed by atoms with E-state index in [2.05, 4.69) is 5.10 Å². The molecule has 1 atom stereocenters. The molecular weight excluding hydrogens is 261 g/mol. The summed E-state index contributed by atoms with van der Waals surface area (Å²) in [7, 11) is 0. The van der Waals surface area contributed by atoms with Crippen LogP contribution in [0.3, 0.4) is 0 Å². The molecule has 0 spiro atoms. The Morgan fingerprint density at radius 1 is 1.30 bits per heavy atom. The fraction of sp³-hybridized carbons (Fsp3) is 0.286. The first-order valence-electron chi connectivity index (χ1n) is 6.39. The van der Waals surface area contributed by atoms with E-state index in [0.29, 0.717) is 30.2 Å². The maximum atomic E-state index is 12.9. The Morgan fingerprint density at radius 2 is 2.00 bits per heavy atom. The van der Waals surface area contributed by atoms with E-state index in [0.717, 1.165) is 0 Å². The zero-order valence-corrected chi connectivity index (χ0v) is 11.0. The van der Waals surface area contributed by atoms with Crippen LogP contribution in [0.1, 0.15) is 29.2 Å². The first-order chi connectivity index (χ1) is 9.56. The van der Waals surface area contributed by atoms with Gasteiger partial charge in [-0.1, -0.05) is 0 Å². The second-order valence-electron chi connectivity index (χ2n) is 4.79. The normalized spacial score (nSPS) is 16.1. The predicted octanol–water partition coefficient (Wildman–Crippen LogP) is 1.74. The minimum Gasteiger partial charge on any atom is -0.387 e.